The van der Waals surface area contributed by atoms with Gasteiger partial charge in [0.25, 0.3) is 5.91 Å². The Morgan fingerprint density at radius 3 is 2.69 bits per heavy atom. The molecule has 3 fully saturated rings. The van der Waals surface area contributed by atoms with E-state index in [4.69, 9.17) is 4.74 Å². The molecule has 3 heterocycles. The predicted molar refractivity (Wildman–Crippen MR) is 154 cm³/mol. The fourth-order valence-corrected chi connectivity index (χ4v) is 9.46. The molecule has 39 heavy (non-hydrogen) atoms. The molecule has 3 unspecified atom stereocenters. The maximum absolute atomic E-state index is 14.7. The quantitative estimate of drug-likeness (QED) is 0.253. The summed E-state index contributed by atoms with van der Waals surface area (Å²) in [4.78, 5) is 45.5. The van der Waals surface area contributed by atoms with Crippen molar-refractivity contribution < 1.29 is 24.2 Å². The van der Waals surface area contributed by atoms with Crippen molar-refractivity contribution in [1.29, 1.82) is 0 Å². The van der Waals surface area contributed by atoms with Crippen LogP contribution in [0.4, 0.5) is 5.69 Å². The number of esters is 1. The maximum Gasteiger partial charge on any atom is 0.310 e. The number of carbonyl (C=O) groups excluding carboxylic acids is 3. The van der Waals surface area contributed by atoms with Crippen LogP contribution in [-0.4, -0.2) is 70.1 Å². The van der Waals surface area contributed by atoms with Gasteiger partial charge in [-0.1, -0.05) is 43.3 Å². The molecule has 8 heteroatoms. The number of ether oxygens (including phenoxy) is 1. The summed E-state index contributed by atoms with van der Waals surface area (Å²) in [5.74, 6) is -1.60. The van der Waals surface area contributed by atoms with Gasteiger partial charge in [-0.25, -0.2) is 0 Å². The highest BCUT2D eigenvalue weighted by atomic mass is 32.2. The Labute approximate surface area is 234 Å². The second-order valence-corrected chi connectivity index (χ2v) is 12.4. The third kappa shape index (κ3) is 4.55. The van der Waals surface area contributed by atoms with E-state index in [-0.39, 0.29) is 42.2 Å². The lowest BCUT2D eigenvalue weighted by Crippen LogP contribution is -2.57. The molecule has 3 saturated heterocycles. The number of fused-ring (bicyclic) bond motifs is 2. The Bertz CT molecular complexity index is 1270. The van der Waals surface area contributed by atoms with Crippen LogP contribution in [0.3, 0.4) is 0 Å². The predicted octanol–water partition coefficient (Wildman–Crippen LogP) is 4.42. The molecule has 7 nitrogen and oxygen atoms in total. The molecule has 0 aliphatic carbocycles. The molecule has 0 aromatic heterocycles. The summed E-state index contributed by atoms with van der Waals surface area (Å²) in [5.41, 5.74) is 0.762. The third-order valence-electron chi connectivity index (χ3n) is 8.72. The summed E-state index contributed by atoms with van der Waals surface area (Å²) in [6.45, 7) is 8.91. The number of hydrogen-bond acceptors (Lipinski definition) is 6. The zero-order valence-corrected chi connectivity index (χ0v) is 23.6. The Kier molecular flexibility index (Phi) is 8.06. The van der Waals surface area contributed by atoms with Crippen molar-refractivity contribution in [3.63, 3.8) is 0 Å². The van der Waals surface area contributed by atoms with E-state index in [1.165, 1.54) is 0 Å². The van der Waals surface area contributed by atoms with E-state index >= 15 is 0 Å². The minimum absolute atomic E-state index is 0.0339. The number of anilines is 1. The minimum atomic E-state index is -0.694. The van der Waals surface area contributed by atoms with Crippen molar-refractivity contribution in [2.75, 3.05) is 31.2 Å². The summed E-state index contributed by atoms with van der Waals surface area (Å²) in [7, 11) is 0. The first-order chi connectivity index (χ1) is 18.9. The van der Waals surface area contributed by atoms with Gasteiger partial charge >= 0.3 is 5.97 Å². The third-order valence-corrected chi connectivity index (χ3v) is 10.8. The summed E-state index contributed by atoms with van der Waals surface area (Å²) >= 11 is 1.66. The monoisotopic (exact) mass is 550 g/mol. The number of amides is 2. The van der Waals surface area contributed by atoms with E-state index in [2.05, 4.69) is 13.5 Å². The largest absolute Gasteiger partial charge is 0.466 e. The van der Waals surface area contributed by atoms with Crippen LogP contribution in [0.15, 0.2) is 55.1 Å². The van der Waals surface area contributed by atoms with Crippen LogP contribution in [0.2, 0.25) is 0 Å². The number of aliphatic hydroxyl groups excluding tert-OH is 1. The van der Waals surface area contributed by atoms with Crippen molar-refractivity contribution in [1.82, 2.24) is 4.90 Å². The molecule has 2 amide bonds. The molecular weight excluding hydrogens is 512 g/mol. The van der Waals surface area contributed by atoms with E-state index in [0.29, 0.717) is 25.9 Å². The van der Waals surface area contributed by atoms with Crippen LogP contribution in [0, 0.1) is 17.8 Å². The first-order valence-electron chi connectivity index (χ1n) is 14.1. The van der Waals surface area contributed by atoms with Gasteiger partial charge in [0.2, 0.25) is 5.91 Å². The standard InChI is InChI=1S/C31H38N2O5S/c1-4-15-32(23-14-13-21-11-7-8-12-22(21)19-23)29(36)27-31-20(3)18-24(39-31)25(30(37)38-5-2)26(31)28(35)33(27)16-9-6-10-17-34/h4,7-8,11-14,19-20,24-27,34H,1,5-6,9-10,15-18H2,2-3H3/t20?,24-,25+,26+,27?,31?/m1/s1. The van der Waals surface area contributed by atoms with Gasteiger partial charge in [0.15, 0.2) is 0 Å². The van der Waals surface area contributed by atoms with Gasteiger partial charge < -0.3 is 19.6 Å². The van der Waals surface area contributed by atoms with Crippen molar-refractivity contribution in [3.05, 3.63) is 55.1 Å². The van der Waals surface area contributed by atoms with Crippen LogP contribution in [-0.2, 0) is 19.1 Å². The van der Waals surface area contributed by atoms with Crippen LogP contribution in [0.25, 0.3) is 10.8 Å². The number of benzene rings is 2. The molecule has 3 aliphatic rings. The Morgan fingerprint density at radius 2 is 1.97 bits per heavy atom. The number of likely N-dealkylation sites (tertiary alicyclic amines) is 1. The van der Waals surface area contributed by atoms with Crippen molar-refractivity contribution in [2.45, 2.75) is 55.6 Å². The van der Waals surface area contributed by atoms with Gasteiger partial charge in [-0.3, -0.25) is 14.4 Å². The van der Waals surface area contributed by atoms with E-state index in [1.807, 2.05) is 42.5 Å². The molecule has 0 saturated carbocycles. The second-order valence-electron chi connectivity index (χ2n) is 10.9. The molecule has 0 radical (unpaired) electrons. The number of aliphatic hydroxyl groups is 1. The zero-order valence-electron chi connectivity index (χ0n) is 22.8. The van der Waals surface area contributed by atoms with E-state index in [9.17, 15) is 19.5 Å². The lowest BCUT2D eigenvalue weighted by atomic mass is 9.66. The van der Waals surface area contributed by atoms with Gasteiger partial charge in [-0.2, -0.15) is 0 Å². The Balaban J connectivity index is 1.56. The van der Waals surface area contributed by atoms with Crippen LogP contribution in [0.1, 0.15) is 39.5 Å². The first kappa shape index (κ1) is 27.7. The van der Waals surface area contributed by atoms with E-state index < -0.39 is 22.6 Å². The molecule has 3 aliphatic heterocycles. The summed E-state index contributed by atoms with van der Waals surface area (Å²) in [6.07, 6.45) is 4.58. The lowest BCUT2D eigenvalue weighted by molar-refractivity contribution is -0.154. The number of rotatable bonds is 11. The average Bonchev–Trinajstić information content (AvgIpc) is 3.53. The highest BCUT2D eigenvalue weighted by Gasteiger charge is 2.76. The van der Waals surface area contributed by atoms with Gasteiger partial charge in [-0.15, -0.1) is 18.3 Å². The fourth-order valence-electron chi connectivity index (χ4n) is 7.06. The van der Waals surface area contributed by atoms with Gasteiger partial charge in [0.05, 0.1) is 23.2 Å². The zero-order chi connectivity index (χ0) is 27.7. The van der Waals surface area contributed by atoms with Gasteiger partial charge in [0, 0.05) is 30.6 Å². The highest BCUT2D eigenvalue weighted by Crippen LogP contribution is 2.68. The lowest BCUT2D eigenvalue weighted by Gasteiger charge is -2.40. The van der Waals surface area contributed by atoms with Crippen molar-refractivity contribution >= 4 is 46.0 Å². The van der Waals surface area contributed by atoms with Crippen LogP contribution >= 0.6 is 11.8 Å². The number of carbonyl (C=O) groups is 3. The molecular formula is C31H38N2O5S. The number of unbranched alkanes of at least 4 members (excludes halogenated alkanes) is 2. The molecule has 6 atom stereocenters. The van der Waals surface area contributed by atoms with Gasteiger partial charge in [-0.05, 0) is 61.4 Å². The SMILES string of the molecule is C=CCN(C(=O)C1N(CCCCCO)C(=O)[C@@H]2[C@@H](C(=O)OCC)[C@H]3CC(C)C12S3)c1ccc2ccccc2c1. The summed E-state index contributed by atoms with van der Waals surface area (Å²) < 4.78 is 4.76. The molecule has 2 bridgehead atoms. The summed E-state index contributed by atoms with van der Waals surface area (Å²) in [5, 5.41) is 11.4. The molecule has 208 valence electrons. The Morgan fingerprint density at radius 1 is 1.21 bits per heavy atom. The maximum atomic E-state index is 14.7. The fraction of sp³-hybridized carbons (Fsp3) is 0.516. The molecule has 2 aromatic carbocycles. The number of nitrogens with zero attached hydrogens (tertiary/aromatic N) is 2. The molecule has 1 spiro atoms. The summed E-state index contributed by atoms with van der Waals surface area (Å²) in [6, 6.07) is 13.3. The minimum Gasteiger partial charge on any atom is -0.466 e. The number of thioether (sulfide) groups is 1. The van der Waals surface area contributed by atoms with Gasteiger partial charge in [0.1, 0.15) is 6.04 Å². The highest BCUT2D eigenvalue weighted by molar-refractivity contribution is 8.02. The topological polar surface area (TPSA) is 87.2 Å². The molecule has 2 aromatic rings. The van der Waals surface area contributed by atoms with Crippen LogP contribution in [0.5, 0.6) is 0 Å². The van der Waals surface area contributed by atoms with E-state index in [1.54, 1.807) is 34.6 Å². The number of hydrogen-bond donors (Lipinski definition) is 1. The van der Waals surface area contributed by atoms with Crippen LogP contribution < -0.4 is 4.90 Å². The molecule has 5 rings (SSSR count). The average molecular weight is 551 g/mol. The normalized spacial score (nSPS) is 29.1. The Hall–Kier alpha value is -2.84. The van der Waals surface area contributed by atoms with E-state index in [0.717, 1.165) is 29.3 Å². The smallest absolute Gasteiger partial charge is 0.310 e. The van der Waals surface area contributed by atoms with Crippen molar-refractivity contribution in [2.24, 2.45) is 17.8 Å². The second kappa shape index (κ2) is 11.3. The first-order valence-corrected chi connectivity index (χ1v) is 14.9. The van der Waals surface area contributed by atoms with Crippen molar-refractivity contribution in [3.8, 4) is 0 Å². The molecule has 1 N–H and O–H groups in total.